The van der Waals surface area contributed by atoms with Crippen LogP contribution >= 0.6 is 0 Å². The number of carbonyl (C=O) groups is 1. The Hall–Kier alpha value is -3.02. The van der Waals surface area contributed by atoms with Crippen molar-refractivity contribution in [1.82, 2.24) is 15.3 Å². The maximum atomic E-state index is 12.1. The van der Waals surface area contributed by atoms with Crippen molar-refractivity contribution in [2.75, 3.05) is 0 Å². The van der Waals surface area contributed by atoms with Crippen LogP contribution in [-0.2, 0) is 6.54 Å². The number of para-hydroxylation sites is 1. The summed E-state index contributed by atoms with van der Waals surface area (Å²) in [4.78, 5) is 30.0. The molecule has 0 bridgehead atoms. The van der Waals surface area contributed by atoms with E-state index in [1.165, 1.54) is 5.56 Å². The zero-order valence-electron chi connectivity index (χ0n) is 13.8. The van der Waals surface area contributed by atoms with Gasteiger partial charge in [0.25, 0.3) is 0 Å². The lowest BCUT2D eigenvalue weighted by Crippen LogP contribution is -2.36. The summed E-state index contributed by atoms with van der Waals surface area (Å²) in [7, 11) is 0. The highest BCUT2D eigenvalue weighted by Gasteiger charge is 2.12. The molecule has 3 aromatic rings. The van der Waals surface area contributed by atoms with E-state index in [0.717, 1.165) is 21.5 Å². The Morgan fingerprint density at radius 2 is 1.83 bits per heavy atom. The fourth-order valence-corrected chi connectivity index (χ4v) is 2.87. The average molecular weight is 325 g/mol. The Morgan fingerprint density at radius 3 is 2.50 bits per heavy atom. The van der Waals surface area contributed by atoms with Crippen molar-refractivity contribution in [3.63, 3.8) is 0 Å². The smallest absolute Gasteiger partial charge is 0.315 e. The van der Waals surface area contributed by atoms with Crippen molar-refractivity contribution in [3.05, 3.63) is 69.0 Å². The van der Waals surface area contributed by atoms with Gasteiger partial charge in [0.15, 0.2) is 0 Å². The van der Waals surface area contributed by atoms with Crippen molar-refractivity contribution in [3.8, 4) is 0 Å². The van der Waals surface area contributed by atoms with Crippen LogP contribution in [0.5, 0.6) is 0 Å². The van der Waals surface area contributed by atoms with E-state index < -0.39 is 11.7 Å². The Bertz CT molecular complexity index is 946. The molecule has 0 aliphatic rings. The molecule has 2 N–H and O–H groups in total. The summed E-state index contributed by atoms with van der Waals surface area (Å²) >= 11 is 0. The van der Waals surface area contributed by atoms with Crippen molar-refractivity contribution >= 4 is 17.0 Å². The van der Waals surface area contributed by atoms with Crippen LogP contribution in [0.3, 0.4) is 0 Å². The number of amides is 1. The molecule has 24 heavy (non-hydrogen) atoms. The van der Waals surface area contributed by atoms with E-state index >= 15 is 0 Å². The van der Waals surface area contributed by atoms with Gasteiger partial charge in [0.05, 0.1) is 10.9 Å². The molecule has 1 amide bonds. The maximum Gasteiger partial charge on any atom is 0.433 e. The number of H-pyrrole nitrogens is 1. The number of fused-ring (bicyclic) bond motifs is 1. The van der Waals surface area contributed by atoms with Gasteiger partial charge in [-0.05, 0) is 49.6 Å². The average Bonchev–Trinajstić information content (AvgIpc) is 2.83. The third-order valence-electron chi connectivity index (χ3n) is 3.99. The third kappa shape index (κ3) is 3.03. The number of hydrogen-bond donors (Lipinski definition) is 2. The number of hydrogen-bond acceptors (Lipinski definition) is 3. The van der Waals surface area contributed by atoms with Gasteiger partial charge < -0.3 is 5.32 Å². The molecule has 0 saturated carbocycles. The van der Waals surface area contributed by atoms with Crippen LogP contribution in [0.4, 0.5) is 4.79 Å². The van der Waals surface area contributed by atoms with E-state index in [4.69, 9.17) is 4.84 Å². The first-order valence-electron chi connectivity index (χ1n) is 7.68. The van der Waals surface area contributed by atoms with Gasteiger partial charge in [-0.25, -0.2) is 4.79 Å². The van der Waals surface area contributed by atoms with Gasteiger partial charge in [-0.3, -0.25) is 14.7 Å². The highest BCUT2D eigenvalue weighted by molar-refractivity contribution is 5.77. The van der Waals surface area contributed by atoms with Crippen LogP contribution in [0, 0.1) is 20.8 Å². The van der Waals surface area contributed by atoms with E-state index in [9.17, 15) is 9.59 Å². The zero-order valence-corrected chi connectivity index (χ0v) is 13.8. The van der Waals surface area contributed by atoms with Crippen LogP contribution in [0.25, 0.3) is 10.9 Å². The molecule has 0 fully saturated rings. The van der Waals surface area contributed by atoms with Crippen molar-refractivity contribution in [2.45, 2.75) is 27.3 Å². The molecule has 0 spiro atoms. The van der Waals surface area contributed by atoms with E-state index in [0.29, 0.717) is 17.4 Å². The predicted molar refractivity (Wildman–Crippen MR) is 92.0 cm³/mol. The number of aromatic nitrogens is 2. The quantitative estimate of drug-likeness (QED) is 0.777. The van der Waals surface area contributed by atoms with E-state index in [1.54, 1.807) is 24.3 Å². The normalized spacial score (nSPS) is 10.8. The van der Waals surface area contributed by atoms with E-state index in [-0.39, 0.29) is 0 Å². The van der Waals surface area contributed by atoms with Gasteiger partial charge in [-0.2, -0.15) is 0 Å². The number of aryl methyl sites for hydroxylation is 3. The van der Waals surface area contributed by atoms with Crippen molar-refractivity contribution in [2.24, 2.45) is 0 Å². The van der Waals surface area contributed by atoms with Gasteiger partial charge in [0, 0.05) is 6.54 Å². The Balaban J connectivity index is 1.72. The summed E-state index contributed by atoms with van der Waals surface area (Å²) in [6.45, 7) is 6.38. The topological polar surface area (TPSA) is 76.1 Å². The Labute approximate surface area is 139 Å². The first kappa shape index (κ1) is 15.9. The fourth-order valence-electron chi connectivity index (χ4n) is 2.87. The fraction of sp³-hybridized carbons (Fsp3) is 0.222. The van der Waals surface area contributed by atoms with Gasteiger partial charge in [-0.15, -0.1) is 0 Å². The summed E-state index contributed by atoms with van der Waals surface area (Å²) in [5, 5.41) is 5.89. The van der Waals surface area contributed by atoms with E-state index in [1.807, 2.05) is 20.8 Å². The van der Waals surface area contributed by atoms with Gasteiger partial charge in [0.1, 0.15) is 0 Å². The molecule has 0 aliphatic heterocycles. The summed E-state index contributed by atoms with van der Waals surface area (Å²) in [6.07, 6.45) is -0.692. The molecule has 2 aromatic carbocycles. The number of rotatable bonds is 3. The monoisotopic (exact) mass is 325 g/mol. The number of nitrogens with zero attached hydrogens (tertiary/aromatic N) is 1. The maximum absolute atomic E-state index is 12.1. The number of nitrogens with one attached hydrogen (secondary N) is 2. The van der Waals surface area contributed by atoms with Gasteiger partial charge in [-0.1, -0.05) is 34.7 Å². The Morgan fingerprint density at radius 1 is 1.17 bits per heavy atom. The standard InChI is InChI=1S/C18H19N3O3/c1-11-8-12(2)15(13(3)9-11)10-19-18(23)24-21-17(22)14-6-4-5-7-16(14)20-21/h4-9,20H,10H2,1-3H3,(H,19,23). The summed E-state index contributed by atoms with van der Waals surface area (Å²) in [5.74, 6) is 0. The predicted octanol–water partition coefficient (Wildman–Crippen LogP) is 2.59. The minimum atomic E-state index is -0.692. The highest BCUT2D eigenvalue weighted by Crippen LogP contribution is 2.16. The second kappa shape index (κ2) is 6.23. The lowest BCUT2D eigenvalue weighted by Gasteiger charge is -2.12. The molecule has 0 aliphatic carbocycles. The zero-order chi connectivity index (χ0) is 17.3. The minimum absolute atomic E-state index is 0.339. The Kier molecular flexibility index (Phi) is 4.12. The molecule has 3 rings (SSSR count). The third-order valence-corrected chi connectivity index (χ3v) is 3.99. The van der Waals surface area contributed by atoms with Crippen LogP contribution < -0.4 is 15.7 Å². The highest BCUT2D eigenvalue weighted by atomic mass is 16.7. The summed E-state index contributed by atoms with van der Waals surface area (Å²) < 4.78 is 0. The lowest BCUT2D eigenvalue weighted by atomic mass is 10.00. The second-order valence-electron chi connectivity index (χ2n) is 5.87. The SMILES string of the molecule is Cc1cc(C)c(CNC(=O)On2[nH]c3ccccc3c2=O)c(C)c1. The molecule has 6 heteroatoms. The lowest BCUT2D eigenvalue weighted by molar-refractivity contribution is 0.112. The molecule has 0 unspecified atom stereocenters. The van der Waals surface area contributed by atoms with Crippen LogP contribution in [0.1, 0.15) is 22.3 Å². The minimum Gasteiger partial charge on any atom is -0.315 e. The number of aromatic amines is 1. The molecule has 0 saturated heterocycles. The molecular formula is C18H19N3O3. The summed E-state index contributed by atoms with van der Waals surface area (Å²) in [6, 6.07) is 11.1. The number of benzene rings is 2. The molecule has 0 radical (unpaired) electrons. The van der Waals surface area contributed by atoms with Crippen LogP contribution in [0.2, 0.25) is 0 Å². The summed E-state index contributed by atoms with van der Waals surface area (Å²) in [5.41, 5.74) is 4.65. The molecule has 1 aromatic heterocycles. The van der Waals surface area contributed by atoms with Gasteiger partial charge >= 0.3 is 11.7 Å². The van der Waals surface area contributed by atoms with Crippen LogP contribution in [-0.4, -0.2) is 16.0 Å². The molecule has 6 nitrogen and oxygen atoms in total. The molecular weight excluding hydrogens is 306 g/mol. The number of carbonyl (C=O) groups excluding carboxylic acids is 1. The molecule has 0 atom stereocenters. The van der Waals surface area contributed by atoms with E-state index in [2.05, 4.69) is 22.5 Å². The van der Waals surface area contributed by atoms with Crippen molar-refractivity contribution < 1.29 is 9.63 Å². The van der Waals surface area contributed by atoms with Crippen molar-refractivity contribution in [1.29, 1.82) is 0 Å². The largest absolute Gasteiger partial charge is 0.433 e. The van der Waals surface area contributed by atoms with Crippen LogP contribution in [0.15, 0.2) is 41.2 Å². The first-order chi connectivity index (χ1) is 11.5. The second-order valence-corrected chi connectivity index (χ2v) is 5.87. The molecule has 124 valence electrons. The van der Waals surface area contributed by atoms with Gasteiger partial charge in [0.2, 0.25) is 0 Å². The first-order valence-corrected chi connectivity index (χ1v) is 7.68. The molecule has 1 heterocycles.